The first-order valence-electron chi connectivity index (χ1n) is 8.91. The Morgan fingerprint density at radius 3 is 2.55 bits per heavy atom. The molecule has 0 saturated carbocycles. The molecule has 2 fully saturated rings. The summed E-state index contributed by atoms with van der Waals surface area (Å²) < 4.78 is 0. The van der Waals surface area contributed by atoms with E-state index in [0.717, 1.165) is 18.5 Å². The fourth-order valence-corrected chi connectivity index (χ4v) is 3.76. The Morgan fingerprint density at radius 2 is 1.85 bits per heavy atom. The molecule has 0 spiro atoms. The van der Waals surface area contributed by atoms with Crippen LogP contribution < -0.4 is 5.32 Å². The molecular formula is C17H35N3. The summed E-state index contributed by atoms with van der Waals surface area (Å²) in [4.78, 5) is 5.49. The van der Waals surface area contributed by atoms with Crippen LogP contribution in [0.4, 0.5) is 0 Å². The van der Waals surface area contributed by atoms with Gasteiger partial charge in [-0.15, -0.1) is 0 Å². The Balaban J connectivity index is 1.73. The second-order valence-corrected chi connectivity index (χ2v) is 6.96. The van der Waals surface area contributed by atoms with Crippen molar-refractivity contribution in [2.45, 2.75) is 65.0 Å². The summed E-state index contributed by atoms with van der Waals surface area (Å²) in [6, 6.07) is 1.56. The molecule has 3 nitrogen and oxygen atoms in total. The summed E-state index contributed by atoms with van der Waals surface area (Å²) in [7, 11) is 0. The Kier molecular flexibility index (Phi) is 6.79. The molecule has 2 saturated heterocycles. The van der Waals surface area contributed by atoms with E-state index >= 15 is 0 Å². The predicted octanol–water partition coefficient (Wildman–Crippen LogP) is 2.57. The Hall–Kier alpha value is -0.120. The topological polar surface area (TPSA) is 18.5 Å². The fourth-order valence-electron chi connectivity index (χ4n) is 3.76. The molecule has 2 heterocycles. The Morgan fingerprint density at radius 1 is 1.10 bits per heavy atom. The van der Waals surface area contributed by atoms with Crippen LogP contribution >= 0.6 is 0 Å². The van der Waals surface area contributed by atoms with Gasteiger partial charge in [0.2, 0.25) is 0 Å². The van der Waals surface area contributed by atoms with Crippen molar-refractivity contribution in [3.8, 4) is 0 Å². The number of hydrogen-bond donors (Lipinski definition) is 1. The van der Waals surface area contributed by atoms with Gasteiger partial charge in [0.1, 0.15) is 0 Å². The molecule has 3 unspecified atom stereocenters. The lowest BCUT2D eigenvalue weighted by atomic mass is 10.0. The second-order valence-electron chi connectivity index (χ2n) is 6.96. The van der Waals surface area contributed by atoms with Gasteiger partial charge in [0.15, 0.2) is 0 Å². The number of rotatable bonds is 7. The van der Waals surface area contributed by atoms with Crippen LogP contribution in [0.25, 0.3) is 0 Å². The quantitative estimate of drug-likeness (QED) is 0.724. The fraction of sp³-hybridized carbons (Fsp3) is 1.00. The van der Waals surface area contributed by atoms with Crippen LogP contribution in [-0.4, -0.2) is 61.2 Å². The minimum absolute atomic E-state index is 0.717. The summed E-state index contributed by atoms with van der Waals surface area (Å²) in [6.45, 7) is 14.7. The molecule has 2 aliphatic heterocycles. The molecule has 0 amide bonds. The molecule has 0 aromatic carbocycles. The van der Waals surface area contributed by atoms with Crippen molar-refractivity contribution in [2.24, 2.45) is 5.92 Å². The van der Waals surface area contributed by atoms with Gasteiger partial charge in [-0.3, -0.25) is 9.80 Å². The molecule has 118 valence electrons. The third kappa shape index (κ3) is 4.44. The van der Waals surface area contributed by atoms with Crippen LogP contribution in [0.1, 0.15) is 52.9 Å². The summed E-state index contributed by atoms with van der Waals surface area (Å²) >= 11 is 0. The van der Waals surface area contributed by atoms with E-state index < -0.39 is 0 Å². The van der Waals surface area contributed by atoms with Crippen LogP contribution in [0.5, 0.6) is 0 Å². The molecule has 20 heavy (non-hydrogen) atoms. The molecule has 0 aliphatic carbocycles. The van der Waals surface area contributed by atoms with Crippen molar-refractivity contribution in [2.75, 3.05) is 39.3 Å². The molecule has 2 rings (SSSR count). The largest absolute Gasteiger partial charge is 0.316 e. The molecule has 3 atom stereocenters. The highest BCUT2D eigenvalue weighted by molar-refractivity contribution is 4.88. The summed E-state index contributed by atoms with van der Waals surface area (Å²) in [5, 5.41) is 3.58. The van der Waals surface area contributed by atoms with Crippen molar-refractivity contribution in [1.82, 2.24) is 15.1 Å². The molecule has 0 bridgehead atoms. The van der Waals surface area contributed by atoms with E-state index in [0.29, 0.717) is 6.04 Å². The lowest BCUT2D eigenvalue weighted by Crippen LogP contribution is -2.44. The SMILES string of the molecule is CCCNCC(C)C(C)N1CCC(N2CCCCC2)C1. The predicted molar refractivity (Wildman–Crippen MR) is 87.2 cm³/mol. The zero-order valence-electron chi connectivity index (χ0n) is 13.9. The lowest BCUT2D eigenvalue weighted by Gasteiger charge is -2.34. The molecule has 2 aliphatic rings. The zero-order chi connectivity index (χ0) is 14.4. The standard InChI is InChI=1S/C17H35N3/c1-4-9-18-13-15(2)16(3)20-12-8-17(14-20)19-10-6-5-7-11-19/h15-18H,4-14H2,1-3H3. The first kappa shape index (κ1) is 16.3. The molecular weight excluding hydrogens is 246 g/mol. The molecule has 0 aromatic rings. The average molecular weight is 281 g/mol. The van der Waals surface area contributed by atoms with Gasteiger partial charge in [-0.05, 0) is 64.7 Å². The van der Waals surface area contributed by atoms with Gasteiger partial charge >= 0.3 is 0 Å². The third-order valence-electron chi connectivity index (χ3n) is 5.39. The highest BCUT2D eigenvalue weighted by atomic mass is 15.3. The molecule has 1 N–H and O–H groups in total. The van der Waals surface area contributed by atoms with E-state index in [1.807, 2.05) is 0 Å². The van der Waals surface area contributed by atoms with Crippen molar-refractivity contribution in [3.63, 3.8) is 0 Å². The van der Waals surface area contributed by atoms with Gasteiger partial charge in [0.25, 0.3) is 0 Å². The highest BCUT2D eigenvalue weighted by Gasteiger charge is 2.32. The van der Waals surface area contributed by atoms with E-state index in [1.165, 1.54) is 64.8 Å². The van der Waals surface area contributed by atoms with Gasteiger partial charge < -0.3 is 5.32 Å². The summed E-state index contributed by atoms with van der Waals surface area (Å²) in [5.74, 6) is 0.752. The van der Waals surface area contributed by atoms with Gasteiger partial charge in [0.05, 0.1) is 0 Å². The average Bonchev–Trinajstić information content (AvgIpc) is 2.97. The summed E-state index contributed by atoms with van der Waals surface area (Å²) in [5.41, 5.74) is 0. The number of likely N-dealkylation sites (tertiary alicyclic amines) is 2. The number of piperidine rings is 1. The number of nitrogens with one attached hydrogen (secondary N) is 1. The lowest BCUT2D eigenvalue weighted by molar-refractivity contribution is 0.141. The van der Waals surface area contributed by atoms with Gasteiger partial charge in [-0.1, -0.05) is 20.3 Å². The van der Waals surface area contributed by atoms with E-state index in [9.17, 15) is 0 Å². The third-order valence-corrected chi connectivity index (χ3v) is 5.39. The van der Waals surface area contributed by atoms with Crippen LogP contribution in [-0.2, 0) is 0 Å². The maximum atomic E-state index is 3.58. The van der Waals surface area contributed by atoms with Gasteiger partial charge in [-0.2, -0.15) is 0 Å². The van der Waals surface area contributed by atoms with Crippen LogP contribution in [0.3, 0.4) is 0 Å². The van der Waals surface area contributed by atoms with Crippen molar-refractivity contribution < 1.29 is 0 Å². The monoisotopic (exact) mass is 281 g/mol. The minimum atomic E-state index is 0.717. The highest BCUT2D eigenvalue weighted by Crippen LogP contribution is 2.23. The maximum Gasteiger partial charge on any atom is 0.0235 e. The Labute approximate surface area is 126 Å². The van der Waals surface area contributed by atoms with E-state index in [1.54, 1.807) is 0 Å². The first-order valence-corrected chi connectivity index (χ1v) is 8.91. The maximum absolute atomic E-state index is 3.58. The summed E-state index contributed by atoms with van der Waals surface area (Å²) in [6.07, 6.45) is 6.91. The Bertz CT molecular complexity index is 263. The van der Waals surface area contributed by atoms with E-state index in [-0.39, 0.29) is 0 Å². The number of nitrogens with zero attached hydrogens (tertiary/aromatic N) is 2. The van der Waals surface area contributed by atoms with Crippen LogP contribution in [0.2, 0.25) is 0 Å². The van der Waals surface area contributed by atoms with Crippen molar-refractivity contribution >= 4 is 0 Å². The van der Waals surface area contributed by atoms with Crippen molar-refractivity contribution in [3.05, 3.63) is 0 Å². The smallest absolute Gasteiger partial charge is 0.0235 e. The normalized spacial score (nSPS) is 28.6. The van der Waals surface area contributed by atoms with Gasteiger partial charge in [0, 0.05) is 25.2 Å². The van der Waals surface area contributed by atoms with Crippen LogP contribution in [0.15, 0.2) is 0 Å². The minimum Gasteiger partial charge on any atom is -0.316 e. The second kappa shape index (κ2) is 8.35. The molecule has 0 aromatic heterocycles. The zero-order valence-corrected chi connectivity index (χ0v) is 13.9. The van der Waals surface area contributed by atoms with Crippen molar-refractivity contribution in [1.29, 1.82) is 0 Å². The molecule has 0 radical (unpaired) electrons. The van der Waals surface area contributed by atoms with Gasteiger partial charge in [-0.25, -0.2) is 0 Å². The molecule has 3 heteroatoms. The first-order chi connectivity index (χ1) is 9.72. The number of hydrogen-bond acceptors (Lipinski definition) is 3. The van der Waals surface area contributed by atoms with E-state index in [2.05, 4.69) is 35.9 Å². The van der Waals surface area contributed by atoms with E-state index in [4.69, 9.17) is 0 Å². The van der Waals surface area contributed by atoms with Crippen LogP contribution in [0, 0.1) is 5.92 Å².